The molecule has 112 valence electrons. The molecular formula is C19H14IN3. The zero-order valence-corrected chi connectivity index (χ0v) is 14.7. The van der Waals surface area contributed by atoms with Gasteiger partial charge in [-0.1, -0.05) is 60.7 Å². The number of hydrogen-bond donors (Lipinski definition) is 0. The number of aromatic nitrogens is 3. The van der Waals surface area contributed by atoms with Crippen molar-refractivity contribution in [2.24, 2.45) is 0 Å². The van der Waals surface area contributed by atoms with E-state index in [0.717, 1.165) is 37.4 Å². The van der Waals surface area contributed by atoms with Crippen LogP contribution in [-0.2, 0) is 0 Å². The van der Waals surface area contributed by atoms with Crippen LogP contribution in [0.25, 0.3) is 28.2 Å². The Bertz CT molecular complexity index is 976. The molecule has 0 amide bonds. The molecule has 0 aliphatic rings. The lowest BCUT2D eigenvalue weighted by Gasteiger charge is -2.08. The van der Waals surface area contributed by atoms with Crippen molar-refractivity contribution < 1.29 is 0 Å². The summed E-state index contributed by atoms with van der Waals surface area (Å²) in [6, 6.07) is 22.7. The normalized spacial score (nSPS) is 11.0. The van der Waals surface area contributed by atoms with Crippen molar-refractivity contribution >= 4 is 28.2 Å². The Hall–Kier alpha value is -2.21. The molecule has 4 rings (SSSR count). The highest BCUT2D eigenvalue weighted by Gasteiger charge is 2.15. The van der Waals surface area contributed by atoms with Gasteiger partial charge in [-0.15, -0.1) is 0 Å². The largest absolute Gasteiger partial charge is 0.227 e. The fourth-order valence-corrected chi connectivity index (χ4v) is 3.13. The predicted octanol–water partition coefficient (Wildman–Crippen LogP) is 4.98. The highest BCUT2D eigenvalue weighted by atomic mass is 127. The van der Waals surface area contributed by atoms with E-state index >= 15 is 0 Å². The third-order valence-corrected chi connectivity index (χ3v) is 5.09. The van der Waals surface area contributed by atoms with E-state index in [1.54, 1.807) is 0 Å². The molecule has 0 saturated heterocycles. The second kappa shape index (κ2) is 5.77. The first-order chi connectivity index (χ1) is 11.2. The summed E-state index contributed by atoms with van der Waals surface area (Å²) in [6.07, 6.45) is 0. The highest BCUT2D eigenvalue weighted by molar-refractivity contribution is 14.1. The van der Waals surface area contributed by atoms with E-state index in [-0.39, 0.29) is 0 Å². The minimum absolute atomic E-state index is 0.906. The molecule has 4 heteroatoms. The zero-order valence-electron chi connectivity index (χ0n) is 12.6. The Kier molecular flexibility index (Phi) is 3.61. The molecule has 2 aromatic carbocycles. The summed E-state index contributed by atoms with van der Waals surface area (Å²) >= 11 is 2.32. The van der Waals surface area contributed by atoms with Crippen molar-refractivity contribution in [3.8, 4) is 22.5 Å². The van der Waals surface area contributed by atoms with Gasteiger partial charge in [-0.25, -0.2) is 9.50 Å². The molecular weight excluding hydrogens is 397 g/mol. The molecule has 0 radical (unpaired) electrons. The zero-order chi connectivity index (χ0) is 15.8. The summed E-state index contributed by atoms with van der Waals surface area (Å²) in [5.74, 6) is 0. The maximum absolute atomic E-state index is 4.84. The molecule has 3 nitrogen and oxygen atoms in total. The standard InChI is InChI=1S/C19H14IN3/c1-13-18(20)19-21-16(14-8-4-2-5-9-14)12-17(23(19)22-13)15-10-6-3-7-11-15/h2-12H,1H3. The number of nitrogens with zero attached hydrogens (tertiary/aromatic N) is 3. The number of benzene rings is 2. The van der Waals surface area contributed by atoms with Crippen LogP contribution in [0.2, 0.25) is 0 Å². The fourth-order valence-electron chi connectivity index (χ4n) is 2.67. The summed E-state index contributed by atoms with van der Waals surface area (Å²) in [7, 11) is 0. The number of rotatable bonds is 2. The summed E-state index contributed by atoms with van der Waals surface area (Å²) < 4.78 is 3.04. The minimum Gasteiger partial charge on any atom is -0.227 e. The highest BCUT2D eigenvalue weighted by Crippen LogP contribution is 2.28. The molecule has 0 aliphatic heterocycles. The van der Waals surface area contributed by atoms with Crippen LogP contribution in [0.4, 0.5) is 0 Å². The van der Waals surface area contributed by atoms with E-state index in [1.165, 1.54) is 0 Å². The van der Waals surface area contributed by atoms with Gasteiger partial charge in [0.15, 0.2) is 5.65 Å². The van der Waals surface area contributed by atoms with Gasteiger partial charge in [0.25, 0.3) is 0 Å². The Labute approximate surface area is 148 Å². The first kappa shape index (κ1) is 14.4. The molecule has 23 heavy (non-hydrogen) atoms. The van der Waals surface area contributed by atoms with Crippen LogP contribution < -0.4 is 0 Å². The summed E-state index contributed by atoms with van der Waals surface area (Å²) in [4.78, 5) is 4.84. The Morgan fingerprint density at radius 1 is 0.870 bits per heavy atom. The minimum atomic E-state index is 0.906. The van der Waals surface area contributed by atoms with Gasteiger partial charge < -0.3 is 0 Å². The second-order valence-corrected chi connectivity index (χ2v) is 6.47. The van der Waals surface area contributed by atoms with Crippen LogP contribution in [-0.4, -0.2) is 14.6 Å². The van der Waals surface area contributed by atoms with Crippen LogP contribution in [0.15, 0.2) is 66.7 Å². The van der Waals surface area contributed by atoms with Crippen molar-refractivity contribution in [3.05, 3.63) is 76.0 Å². The third-order valence-electron chi connectivity index (χ3n) is 3.83. The topological polar surface area (TPSA) is 30.2 Å². The molecule has 0 aliphatic carbocycles. The van der Waals surface area contributed by atoms with Gasteiger partial charge in [0.2, 0.25) is 0 Å². The van der Waals surface area contributed by atoms with Gasteiger partial charge in [-0.2, -0.15) is 5.10 Å². The van der Waals surface area contributed by atoms with Gasteiger partial charge >= 0.3 is 0 Å². The van der Waals surface area contributed by atoms with Gasteiger partial charge in [0, 0.05) is 11.1 Å². The van der Waals surface area contributed by atoms with Crippen LogP contribution in [0.5, 0.6) is 0 Å². The Morgan fingerprint density at radius 2 is 1.48 bits per heavy atom. The van der Waals surface area contributed by atoms with Crippen LogP contribution in [0.3, 0.4) is 0 Å². The summed E-state index contributed by atoms with van der Waals surface area (Å²) in [6.45, 7) is 2.02. The van der Waals surface area contributed by atoms with E-state index in [4.69, 9.17) is 4.98 Å². The van der Waals surface area contributed by atoms with Crippen molar-refractivity contribution in [3.63, 3.8) is 0 Å². The molecule has 0 bridgehead atoms. The first-order valence-electron chi connectivity index (χ1n) is 7.41. The number of hydrogen-bond acceptors (Lipinski definition) is 2. The number of aryl methyl sites for hydroxylation is 1. The second-order valence-electron chi connectivity index (χ2n) is 5.39. The van der Waals surface area contributed by atoms with Gasteiger partial charge in [0.1, 0.15) is 0 Å². The molecule has 0 spiro atoms. The Morgan fingerprint density at radius 3 is 2.13 bits per heavy atom. The van der Waals surface area contributed by atoms with Crippen LogP contribution in [0, 0.1) is 10.5 Å². The maximum atomic E-state index is 4.84. The van der Waals surface area contributed by atoms with E-state index < -0.39 is 0 Å². The third kappa shape index (κ3) is 2.53. The molecule has 0 fully saturated rings. The predicted molar refractivity (Wildman–Crippen MR) is 101 cm³/mol. The van der Waals surface area contributed by atoms with Crippen molar-refractivity contribution in [2.45, 2.75) is 6.92 Å². The van der Waals surface area contributed by atoms with Gasteiger partial charge in [-0.3, -0.25) is 0 Å². The van der Waals surface area contributed by atoms with Crippen molar-refractivity contribution in [1.82, 2.24) is 14.6 Å². The first-order valence-corrected chi connectivity index (χ1v) is 8.48. The van der Waals surface area contributed by atoms with E-state index in [1.807, 2.05) is 47.8 Å². The van der Waals surface area contributed by atoms with Gasteiger partial charge in [-0.05, 0) is 35.6 Å². The average molecular weight is 411 g/mol. The average Bonchev–Trinajstić information content (AvgIpc) is 2.90. The summed E-state index contributed by atoms with van der Waals surface area (Å²) in [5, 5.41) is 4.67. The lowest BCUT2D eigenvalue weighted by Crippen LogP contribution is -1.98. The Balaban J connectivity index is 2.06. The summed E-state index contributed by atoms with van der Waals surface area (Å²) in [5.41, 5.74) is 6.18. The molecule has 4 aromatic rings. The van der Waals surface area contributed by atoms with Gasteiger partial charge in [0.05, 0.1) is 20.7 Å². The molecule has 2 aromatic heterocycles. The molecule has 0 saturated carbocycles. The molecule has 0 unspecified atom stereocenters. The van der Waals surface area contributed by atoms with E-state index in [2.05, 4.69) is 58.0 Å². The molecule has 0 N–H and O–H groups in total. The van der Waals surface area contributed by atoms with E-state index in [9.17, 15) is 0 Å². The lowest BCUT2D eigenvalue weighted by molar-refractivity contribution is 0.926. The lowest BCUT2D eigenvalue weighted by atomic mass is 10.1. The number of fused-ring (bicyclic) bond motifs is 1. The van der Waals surface area contributed by atoms with Crippen LogP contribution in [0.1, 0.15) is 5.69 Å². The fraction of sp³-hybridized carbons (Fsp3) is 0.0526. The monoisotopic (exact) mass is 411 g/mol. The van der Waals surface area contributed by atoms with Crippen molar-refractivity contribution in [1.29, 1.82) is 0 Å². The molecule has 2 heterocycles. The van der Waals surface area contributed by atoms with Crippen LogP contribution >= 0.6 is 22.6 Å². The molecule has 0 atom stereocenters. The maximum Gasteiger partial charge on any atom is 0.169 e. The van der Waals surface area contributed by atoms with Crippen molar-refractivity contribution in [2.75, 3.05) is 0 Å². The van der Waals surface area contributed by atoms with E-state index in [0.29, 0.717) is 0 Å². The SMILES string of the molecule is Cc1nn2c(-c3ccccc3)cc(-c3ccccc3)nc2c1I. The number of halogens is 1. The smallest absolute Gasteiger partial charge is 0.169 e. The quantitative estimate of drug-likeness (QED) is 0.436.